The van der Waals surface area contributed by atoms with Crippen LogP contribution in [0.25, 0.3) is 17.0 Å². The Morgan fingerprint density at radius 3 is 2.76 bits per heavy atom. The highest BCUT2D eigenvalue weighted by Gasteiger charge is 2.42. The molecule has 0 fully saturated rings. The van der Waals surface area contributed by atoms with Crippen molar-refractivity contribution in [3.05, 3.63) is 47.7 Å². The Kier molecular flexibility index (Phi) is 5.95. The van der Waals surface area contributed by atoms with E-state index in [-0.39, 0.29) is 49.6 Å². The number of carbonyl (C=O) groups excluding carboxylic acids is 1. The van der Waals surface area contributed by atoms with Gasteiger partial charge in [0.25, 0.3) is 0 Å². The molecule has 33 heavy (non-hydrogen) atoms. The van der Waals surface area contributed by atoms with E-state index in [4.69, 9.17) is 5.73 Å². The van der Waals surface area contributed by atoms with Gasteiger partial charge in [-0.25, -0.2) is 18.4 Å². The van der Waals surface area contributed by atoms with Crippen molar-refractivity contribution in [3.8, 4) is 11.4 Å². The Morgan fingerprint density at radius 1 is 1.21 bits per heavy atom. The first-order valence-corrected chi connectivity index (χ1v) is 9.97. The van der Waals surface area contributed by atoms with Crippen molar-refractivity contribution in [2.24, 2.45) is 0 Å². The van der Waals surface area contributed by atoms with Crippen molar-refractivity contribution in [3.63, 3.8) is 0 Å². The van der Waals surface area contributed by atoms with E-state index in [0.717, 1.165) is 15.7 Å². The third-order valence-electron chi connectivity index (χ3n) is 5.43. The van der Waals surface area contributed by atoms with E-state index in [0.29, 0.717) is 11.1 Å². The van der Waals surface area contributed by atoms with Gasteiger partial charge < -0.3 is 10.6 Å². The molecule has 0 aromatic carbocycles. The SMILES string of the molecule is Nc1ncc(C2=CCCN(C(=O)C(F)(F)F)CC2)cc1-c1nnnn1C1CC=CC(F)=C1F. The Labute approximate surface area is 184 Å². The number of aromatic nitrogens is 5. The van der Waals surface area contributed by atoms with Crippen LogP contribution in [0.15, 0.2) is 42.1 Å². The van der Waals surface area contributed by atoms with Gasteiger partial charge in [0, 0.05) is 19.3 Å². The normalized spacial score (nSPS) is 19.5. The first kappa shape index (κ1) is 22.6. The van der Waals surface area contributed by atoms with Crippen molar-refractivity contribution in [1.29, 1.82) is 0 Å². The van der Waals surface area contributed by atoms with Gasteiger partial charge in [0.15, 0.2) is 17.5 Å². The highest BCUT2D eigenvalue weighted by molar-refractivity contribution is 5.82. The summed E-state index contributed by atoms with van der Waals surface area (Å²) in [5, 5.41) is 11.2. The molecule has 2 aromatic heterocycles. The number of amides is 1. The molecular weight excluding hydrogens is 449 g/mol. The number of rotatable bonds is 3. The fourth-order valence-electron chi connectivity index (χ4n) is 3.77. The predicted octanol–water partition coefficient (Wildman–Crippen LogP) is 3.54. The average molecular weight is 467 g/mol. The number of carbonyl (C=O) groups is 1. The second-order valence-electron chi connectivity index (χ2n) is 7.51. The standard InChI is InChI=1S/C20H18F5N7O/c21-14-4-1-5-15(16(14)22)32-18(28-29-30-32)13-9-12(10-27-17(13)26)11-3-2-7-31(8-6-11)19(33)20(23,24)25/h1,3-4,9-10,15H,2,5-8H2,(H2,26,27). The van der Waals surface area contributed by atoms with Crippen LogP contribution in [-0.2, 0) is 4.79 Å². The molecule has 8 nitrogen and oxygen atoms in total. The van der Waals surface area contributed by atoms with Crippen molar-refractivity contribution >= 4 is 17.3 Å². The fourth-order valence-corrected chi connectivity index (χ4v) is 3.77. The van der Waals surface area contributed by atoms with Gasteiger partial charge in [-0.15, -0.1) is 5.10 Å². The lowest BCUT2D eigenvalue weighted by Crippen LogP contribution is -2.41. The summed E-state index contributed by atoms with van der Waals surface area (Å²) in [4.78, 5) is 16.5. The van der Waals surface area contributed by atoms with Gasteiger partial charge in [0.1, 0.15) is 11.9 Å². The van der Waals surface area contributed by atoms with Crippen molar-refractivity contribution < 1.29 is 26.7 Å². The molecule has 3 heterocycles. The van der Waals surface area contributed by atoms with Gasteiger partial charge in [0.2, 0.25) is 0 Å². The van der Waals surface area contributed by atoms with E-state index in [1.54, 1.807) is 12.1 Å². The third kappa shape index (κ3) is 4.47. The minimum absolute atomic E-state index is 0.0362. The van der Waals surface area contributed by atoms with Gasteiger partial charge in [-0.3, -0.25) is 4.79 Å². The first-order chi connectivity index (χ1) is 15.7. The molecule has 2 N–H and O–H groups in total. The van der Waals surface area contributed by atoms with Crippen LogP contribution in [0.2, 0.25) is 0 Å². The van der Waals surface area contributed by atoms with Gasteiger partial charge in [-0.05, 0) is 53.0 Å². The highest BCUT2D eigenvalue weighted by atomic mass is 19.4. The molecule has 0 bridgehead atoms. The van der Waals surface area contributed by atoms with Crippen LogP contribution in [0, 0.1) is 0 Å². The topological polar surface area (TPSA) is 103 Å². The lowest BCUT2D eigenvalue weighted by atomic mass is 10.0. The molecule has 2 aliphatic rings. The molecular formula is C20H18F5N7O. The number of hydrogen-bond donors (Lipinski definition) is 1. The molecule has 1 aliphatic carbocycles. The molecule has 0 spiro atoms. The summed E-state index contributed by atoms with van der Waals surface area (Å²) in [6.07, 6.45) is 1.23. The van der Waals surface area contributed by atoms with Crippen LogP contribution in [0.3, 0.4) is 0 Å². The zero-order chi connectivity index (χ0) is 23.8. The van der Waals surface area contributed by atoms with Gasteiger partial charge >= 0.3 is 12.1 Å². The Hall–Kier alpha value is -3.64. The van der Waals surface area contributed by atoms with Gasteiger partial charge in [-0.2, -0.15) is 13.2 Å². The zero-order valence-electron chi connectivity index (χ0n) is 17.1. The van der Waals surface area contributed by atoms with Crippen LogP contribution >= 0.6 is 0 Å². The van der Waals surface area contributed by atoms with E-state index in [2.05, 4.69) is 20.5 Å². The lowest BCUT2D eigenvalue weighted by Gasteiger charge is -2.21. The number of tetrazole rings is 1. The highest BCUT2D eigenvalue weighted by Crippen LogP contribution is 2.35. The second kappa shape index (κ2) is 8.71. The van der Waals surface area contributed by atoms with Crippen LogP contribution in [0.4, 0.5) is 27.8 Å². The number of halogens is 5. The summed E-state index contributed by atoms with van der Waals surface area (Å²) in [7, 11) is 0. The van der Waals surface area contributed by atoms with Crippen LogP contribution in [0.1, 0.15) is 30.9 Å². The number of nitrogen functional groups attached to an aromatic ring is 1. The minimum Gasteiger partial charge on any atom is -0.383 e. The molecule has 1 amide bonds. The maximum Gasteiger partial charge on any atom is 0.471 e. The smallest absolute Gasteiger partial charge is 0.383 e. The number of alkyl halides is 3. The molecule has 1 atom stereocenters. The summed E-state index contributed by atoms with van der Waals surface area (Å²) in [6.45, 7) is -0.187. The van der Waals surface area contributed by atoms with Crippen molar-refractivity contribution in [2.75, 3.05) is 18.8 Å². The summed E-state index contributed by atoms with van der Waals surface area (Å²) < 4.78 is 67.5. The molecule has 0 radical (unpaired) electrons. The number of hydrogen-bond acceptors (Lipinski definition) is 6. The molecule has 174 valence electrons. The molecule has 2 aromatic rings. The summed E-state index contributed by atoms with van der Waals surface area (Å²) >= 11 is 0. The van der Waals surface area contributed by atoms with Crippen molar-refractivity contribution in [1.82, 2.24) is 30.1 Å². The molecule has 1 aliphatic heterocycles. The monoisotopic (exact) mass is 467 g/mol. The Balaban J connectivity index is 1.62. The summed E-state index contributed by atoms with van der Waals surface area (Å²) in [6, 6.07) is 0.496. The quantitative estimate of drug-likeness (QED) is 0.693. The van der Waals surface area contributed by atoms with Gasteiger partial charge in [0.05, 0.1) is 5.56 Å². The van der Waals surface area contributed by atoms with E-state index < -0.39 is 29.8 Å². The first-order valence-electron chi connectivity index (χ1n) is 9.97. The van der Waals surface area contributed by atoms with Crippen LogP contribution in [-0.4, -0.2) is 55.3 Å². The van der Waals surface area contributed by atoms with E-state index in [9.17, 15) is 26.7 Å². The van der Waals surface area contributed by atoms with Gasteiger partial charge in [-0.1, -0.05) is 12.2 Å². The lowest BCUT2D eigenvalue weighted by molar-refractivity contribution is -0.185. The molecule has 13 heteroatoms. The number of allylic oxidation sites excluding steroid dienone is 4. The van der Waals surface area contributed by atoms with Crippen LogP contribution in [0.5, 0.6) is 0 Å². The number of anilines is 1. The maximum atomic E-state index is 14.4. The van der Waals surface area contributed by atoms with E-state index in [1.807, 2.05) is 0 Å². The van der Waals surface area contributed by atoms with E-state index >= 15 is 0 Å². The zero-order valence-corrected chi connectivity index (χ0v) is 17.1. The minimum atomic E-state index is -4.94. The molecule has 0 saturated heterocycles. The van der Waals surface area contributed by atoms with Crippen molar-refractivity contribution in [2.45, 2.75) is 31.5 Å². The summed E-state index contributed by atoms with van der Waals surface area (Å²) in [5.74, 6) is -3.82. The Morgan fingerprint density at radius 2 is 2.00 bits per heavy atom. The maximum absolute atomic E-state index is 14.4. The number of pyridine rings is 1. The van der Waals surface area contributed by atoms with E-state index in [1.165, 1.54) is 12.3 Å². The predicted molar refractivity (Wildman–Crippen MR) is 107 cm³/mol. The molecule has 4 rings (SSSR count). The summed E-state index contributed by atoms with van der Waals surface area (Å²) in [5.41, 5.74) is 7.47. The third-order valence-corrected chi connectivity index (χ3v) is 5.43. The number of nitrogens with zero attached hydrogens (tertiary/aromatic N) is 6. The second-order valence-corrected chi connectivity index (χ2v) is 7.51. The largest absolute Gasteiger partial charge is 0.471 e. The molecule has 0 saturated carbocycles. The molecule has 1 unspecified atom stereocenters. The Bertz CT molecular complexity index is 1170. The number of nitrogens with two attached hydrogens (primary N) is 1. The average Bonchev–Trinajstić information content (AvgIpc) is 3.12. The fraction of sp³-hybridized carbons (Fsp3) is 0.350. The van der Waals surface area contributed by atoms with Crippen LogP contribution < -0.4 is 5.73 Å².